The van der Waals surface area contributed by atoms with Gasteiger partial charge >= 0.3 is 5.97 Å². The van der Waals surface area contributed by atoms with Gasteiger partial charge in [-0.1, -0.05) is 50.2 Å². The zero-order valence-corrected chi connectivity index (χ0v) is 13.8. The SMILES string of the molecule is Cc1c(C(=O)N[C@@H](C(=O)O)C(C)C)oc2c1ccc1ccccc12. The first-order valence-electron chi connectivity index (χ1n) is 7.84. The lowest BCUT2D eigenvalue weighted by molar-refractivity contribution is -0.140. The minimum absolute atomic E-state index is 0.160. The van der Waals surface area contributed by atoms with Crippen LogP contribution in [0.3, 0.4) is 0 Å². The summed E-state index contributed by atoms with van der Waals surface area (Å²) in [6.45, 7) is 5.30. The number of aliphatic carboxylic acids is 1. The van der Waals surface area contributed by atoms with Gasteiger partial charge in [0.25, 0.3) is 5.91 Å². The van der Waals surface area contributed by atoms with Crippen molar-refractivity contribution in [2.24, 2.45) is 5.92 Å². The highest BCUT2D eigenvalue weighted by atomic mass is 16.4. The summed E-state index contributed by atoms with van der Waals surface area (Å²) < 4.78 is 5.83. The first-order valence-corrected chi connectivity index (χ1v) is 7.84. The number of carbonyl (C=O) groups is 2. The molecule has 5 heteroatoms. The molecule has 0 saturated heterocycles. The van der Waals surface area contributed by atoms with Crippen LogP contribution < -0.4 is 5.32 Å². The maximum absolute atomic E-state index is 12.5. The van der Waals surface area contributed by atoms with Crippen LogP contribution in [-0.4, -0.2) is 23.0 Å². The smallest absolute Gasteiger partial charge is 0.326 e. The summed E-state index contributed by atoms with van der Waals surface area (Å²) in [6, 6.07) is 10.7. The monoisotopic (exact) mass is 325 g/mol. The predicted octanol–water partition coefficient (Wildman–Crippen LogP) is 3.73. The van der Waals surface area contributed by atoms with E-state index in [1.807, 2.05) is 36.4 Å². The van der Waals surface area contributed by atoms with Crippen LogP contribution in [0.15, 0.2) is 40.8 Å². The van der Waals surface area contributed by atoms with Gasteiger partial charge in [0.15, 0.2) is 5.76 Å². The first-order chi connectivity index (χ1) is 11.4. The minimum atomic E-state index is -1.06. The van der Waals surface area contributed by atoms with E-state index in [2.05, 4.69) is 5.32 Å². The second kappa shape index (κ2) is 6.00. The van der Waals surface area contributed by atoms with Gasteiger partial charge in [0, 0.05) is 16.3 Å². The average Bonchev–Trinajstić information content (AvgIpc) is 2.89. The molecule has 24 heavy (non-hydrogen) atoms. The van der Waals surface area contributed by atoms with E-state index in [-0.39, 0.29) is 11.7 Å². The average molecular weight is 325 g/mol. The molecule has 0 aliphatic carbocycles. The Balaban J connectivity index is 2.06. The summed E-state index contributed by atoms with van der Waals surface area (Å²) in [5.74, 6) is -1.63. The number of carboxylic acids is 1. The number of fused-ring (bicyclic) bond motifs is 3. The molecule has 2 N–H and O–H groups in total. The maximum atomic E-state index is 12.5. The Labute approximate surface area is 139 Å². The Hall–Kier alpha value is -2.82. The first kappa shape index (κ1) is 16.1. The highest BCUT2D eigenvalue weighted by Crippen LogP contribution is 2.31. The fourth-order valence-electron chi connectivity index (χ4n) is 2.89. The fourth-order valence-corrected chi connectivity index (χ4v) is 2.89. The topological polar surface area (TPSA) is 79.5 Å². The van der Waals surface area contributed by atoms with Crippen LogP contribution in [0.4, 0.5) is 0 Å². The van der Waals surface area contributed by atoms with E-state index in [4.69, 9.17) is 4.42 Å². The third-order valence-electron chi connectivity index (χ3n) is 4.25. The summed E-state index contributed by atoms with van der Waals surface area (Å²) in [5, 5.41) is 14.6. The van der Waals surface area contributed by atoms with Crippen molar-refractivity contribution in [1.82, 2.24) is 5.32 Å². The van der Waals surface area contributed by atoms with Crippen LogP contribution in [0, 0.1) is 12.8 Å². The minimum Gasteiger partial charge on any atom is -0.480 e. The fraction of sp³-hybridized carbons (Fsp3) is 0.263. The quantitative estimate of drug-likeness (QED) is 0.766. The third-order valence-corrected chi connectivity index (χ3v) is 4.25. The predicted molar refractivity (Wildman–Crippen MR) is 92.2 cm³/mol. The van der Waals surface area contributed by atoms with E-state index < -0.39 is 17.9 Å². The van der Waals surface area contributed by atoms with Crippen LogP contribution in [-0.2, 0) is 4.79 Å². The maximum Gasteiger partial charge on any atom is 0.326 e. The molecule has 3 rings (SSSR count). The van der Waals surface area contributed by atoms with Gasteiger partial charge < -0.3 is 14.8 Å². The molecule has 5 nitrogen and oxygen atoms in total. The molecule has 0 saturated carbocycles. The van der Waals surface area contributed by atoms with Crippen molar-refractivity contribution in [3.05, 3.63) is 47.7 Å². The van der Waals surface area contributed by atoms with E-state index in [0.717, 1.165) is 16.2 Å². The third kappa shape index (κ3) is 2.62. The van der Waals surface area contributed by atoms with Gasteiger partial charge in [0.05, 0.1) is 0 Å². The van der Waals surface area contributed by atoms with Gasteiger partial charge in [-0.25, -0.2) is 4.79 Å². The standard InChI is InChI=1S/C19H19NO4/c1-10(2)15(19(22)23)20-18(21)16-11(3)13-9-8-12-6-4-5-7-14(12)17(13)24-16/h4-10,15H,1-3H3,(H,20,21)(H,22,23)/t15-/m1/s1. The van der Waals surface area contributed by atoms with Gasteiger partial charge in [-0.05, 0) is 18.2 Å². The van der Waals surface area contributed by atoms with Gasteiger partial charge in [-0.2, -0.15) is 0 Å². The van der Waals surface area contributed by atoms with Crippen LogP contribution >= 0.6 is 0 Å². The Morgan fingerprint density at radius 2 is 1.79 bits per heavy atom. The molecule has 3 aromatic rings. The normalized spacial score (nSPS) is 12.7. The molecule has 0 radical (unpaired) electrons. The van der Waals surface area contributed by atoms with Crippen LogP contribution in [0.25, 0.3) is 21.7 Å². The van der Waals surface area contributed by atoms with Crippen LogP contribution in [0.1, 0.15) is 30.0 Å². The van der Waals surface area contributed by atoms with Crippen molar-refractivity contribution in [2.45, 2.75) is 26.8 Å². The number of hydrogen-bond donors (Lipinski definition) is 2. The number of benzene rings is 2. The lowest BCUT2D eigenvalue weighted by Gasteiger charge is -2.17. The van der Waals surface area contributed by atoms with Crippen LogP contribution in [0.5, 0.6) is 0 Å². The Kier molecular flexibility index (Phi) is 4.01. The van der Waals surface area contributed by atoms with E-state index in [1.165, 1.54) is 0 Å². The van der Waals surface area contributed by atoms with E-state index in [9.17, 15) is 14.7 Å². The second-order valence-corrected chi connectivity index (χ2v) is 6.25. The van der Waals surface area contributed by atoms with Crippen molar-refractivity contribution in [3.63, 3.8) is 0 Å². The number of amides is 1. The summed E-state index contributed by atoms with van der Waals surface area (Å²) in [5.41, 5.74) is 1.35. The van der Waals surface area contributed by atoms with E-state index in [1.54, 1.807) is 20.8 Å². The number of carboxylic acid groups (broad SMARTS) is 1. The largest absolute Gasteiger partial charge is 0.480 e. The van der Waals surface area contributed by atoms with Crippen LogP contribution in [0.2, 0.25) is 0 Å². The zero-order chi connectivity index (χ0) is 17.4. The lowest BCUT2D eigenvalue weighted by atomic mass is 10.0. The molecule has 0 aliphatic rings. The van der Waals surface area contributed by atoms with Crippen molar-refractivity contribution in [3.8, 4) is 0 Å². The van der Waals surface area contributed by atoms with E-state index in [0.29, 0.717) is 11.1 Å². The second-order valence-electron chi connectivity index (χ2n) is 6.25. The summed E-state index contributed by atoms with van der Waals surface area (Å²) >= 11 is 0. The number of rotatable bonds is 4. The number of hydrogen-bond acceptors (Lipinski definition) is 3. The number of furan rings is 1. The molecule has 0 bridgehead atoms. The lowest BCUT2D eigenvalue weighted by Crippen LogP contribution is -2.44. The molecule has 124 valence electrons. The van der Waals surface area contributed by atoms with Gasteiger partial charge in [-0.3, -0.25) is 4.79 Å². The zero-order valence-electron chi connectivity index (χ0n) is 13.8. The Morgan fingerprint density at radius 1 is 1.08 bits per heavy atom. The van der Waals surface area contributed by atoms with Crippen molar-refractivity contribution in [2.75, 3.05) is 0 Å². The Bertz CT molecular complexity index is 939. The molecule has 0 unspecified atom stereocenters. The summed E-state index contributed by atoms with van der Waals surface area (Å²) in [4.78, 5) is 23.8. The highest BCUT2D eigenvalue weighted by molar-refractivity contribution is 6.09. The Morgan fingerprint density at radius 3 is 2.46 bits per heavy atom. The molecule has 0 fully saturated rings. The highest BCUT2D eigenvalue weighted by Gasteiger charge is 2.27. The van der Waals surface area contributed by atoms with Gasteiger partial charge in [-0.15, -0.1) is 0 Å². The molecular formula is C19H19NO4. The van der Waals surface area contributed by atoms with Crippen molar-refractivity contribution >= 4 is 33.6 Å². The molecule has 0 aliphatic heterocycles. The number of aryl methyl sites for hydroxylation is 1. The number of carbonyl (C=O) groups excluding carboxylic acids is 1. The van der Waals surface area contributed by atoms with Gasteiger partial charge in [0.2, 0.25) is 0 Å². The number of nitrogens with one attached hydrogen (secondary N) is 1. The molecule has 0 spiro atoms. The van der Waals surface area contributed by atoms with Crippen molar-refractivity contribution in [1.29, 1.82) is 0 Å². The summed E-state index contributed by atoms with van der Waals surface area (Å²) in [7, 11) is 0. The molecule has 1 amide bonds. The van der Waals surface area contributed by atoms with Crippen molar-refractivity contribution < 1.29 is 19.1 Å². The molecule has 1 aromatic heterocycles. The molecule has 1 atom stereocenters. The van der Waals surface area contributed by atoms with E-state index >= 15 is 0 Å². The molecule has 1 heterocycles. The summed E-state index contributed by atoms with van der Waals surface area (Å²) in [6.07, 6.45) is 0. The molecular weight excluding hydrogens is 306 g/mol. The van der Waals surface area contributed by atoms with Gasteiger partial charge in [0.1, 0.15) is 11.6 Å². The molecule has 2 aromatic carbocycles.